The molecule has 35 heavy (non-hydrogen) atoms. The minimum atomic E-state index is -0.551. The first-order valence-electron chi connectivity index (χ1n) is 10.7. The molecule has 0 aliphatic carbocycles. The highest BCUT2D eigenvalue weighted by molar-refractivity contribution is 6.31. The van der Waals surface area contributed by atoms with Gasteiger partial charge in [-0.2, -0.15) is 0 Å². The van der Waals surface area contributed by atoms with E-state index in [0.29, 0.717) is 22.7 Å². The van der Waals surface area contributed by atoms with Crippen molar-refractivity contribution in [3.8, 4) is 5.75 Å². The first-order valence-corrected chi connectivity index (χ1v) is 10.7. The number of rotatable bonds is 7. The van der Waals surface area contributed by atoms with Crippen molar-refractivity contribution < 1.29 is 23.5 Å². The summed E-state index contributed by atoms with van der Waals surface area (Å²) in [6.07, 6.45) is 1.43. The monoisotopic (exact) mass is 474 g/mol. The van der Waals surface area contributed by atoms with Crippen molar-refractivity contribution in [2.45, 2.75) is 0 Å². The zero-order valence-electron chi connectivity index (χ0n) is 19.1. The van der Waals surface area contributed by atoms with Crippen LogP contribution in [-0.2, 0) is 14.4 Å². The Morgan fingerprint density at radius 3 is 2.54 bits per heavy atom. The Bertz CT molecular complexity index is 1310. The number of nitrogens with one attached hydrogen (secondary N) is 2. The second-order valence-corrected chi connectivity index (χ2v) is 7.94. The van der Waals surface area contributed by atoms with Crippen molar-refractivity contribution in [1.29, 1.82) is 0 Å². The maximum Gasteiger partial charge on any atom is 0.282 e. The second kappa shape index (κ2) is 10.1. The average Bonchev–Trinajstić information content (AvgIpc) is 3.12. The van der Waals surface area contributed by atoms with Crippen LogP contribution in [0.3, 0.4) is 0 Å². The number of amides is 3. The van der Waals surface area contributed by atoms with Crippen LogP contribution in [0, 0.1) is 5.82 Å². The Morgan fingerprint density at radius 2 is 1.83 bits per heavy atom. The van der Waals surface area contributed by atoms with Crippen molar-refractivity contribution in [3.05, 3.63) is 89.8 Å². The Kier molecular flexibility index (Phi) is 6.77. The van der Waals surface area contributed by atoms with Gasteiger partial charge in [-0.05, 0) is 48.5 Å². The number of hydrazine groups is 1. The maximum absolute atomic E-state index is 13.4. The highest BCUT2D eigenvalue weighted by Crippen LogP contribution is 2.29. The van der Waals surface area contributed by atoms with Crippen LogP contribution in [0.2, 0.25) is 0 Å². The van der Waals surface area contributed by atoms with Crippen molar-refractivity contribution >= 4 is 40.9 Å². The fourth-order valence-corrected chi connectivity index (χ4v) is 3.42. The summed E-state index contributed by atoms with van der Waals surface area (Å²) in [6, 6.07) is 19.5. The largest absolute Gasteiger partial charge is 0.483 e. The summed E-state index contributed by atoms with van der Waals surface area (Å²) in [5.74, 6) is -1.72. The zero-order chi connectivity index (χ0) is 24.9. The van der Waals surface area contributed by atoms with Crippen molar-refractivity contribution in [3.63, 3.8) is 0 Å². The molecule has 1 heterocycles. The summed E-state index contributed by atoms with van der Waals surface area (Å²) in [5.41, 5.74) is 4.56. The van der Waals surface area contributed by atoms with Gasteiger partial charge in [0.25, 0.3) is 17.7 Å². The molecule has 1 aliphatic rings. The van der Waals surface area contributed by atoms with Gasteiger partial charge in [0, 0.05) is 37.1 Å². The van der Waals surface area contributed by atoms with Gasteiger partial charge >= 0.3 is 0 Å². The Labute approximate surface area is 201 Å². The van der Waals surface area contributed by atoms with E-state index >= 15 is 0 Å². The molecule has 0 aromatic heterocycles. The molecule has 3 aromatic rings. The summed E-state index contributed by atoms with van der Waals surface area (Å²) in [4.78, 5) is 39.7. The second-order valence-electron chi connectivity index (χ2n) is 7.94. The number of carbonyl (C=O) groups is 3. The quantitative estimate of drug-likeness (QED) is 0.405. The number of halogens is 1. The fourth-order valence-electron chi connectivity index (χ4n) is 3.42. The molecule has 0 unspecified atom stereocenters. The van der Waals surface area contributed by atoms with E-state index in [9.17, 15) is 18.8 Å². The standard InChI is InChI=1S/C26H23FN4O4/c1-30(2)21-12-11-17(13-22-25(33)29-31(26(22)34)20-9-4-3-5-10-20)23(15-21)35-16-24(32)28-19-8-6-7-18(27)14-19/h3-15H,16H2,1-2H3,(H,28,32)(H,29,33)/b22-13-. The van der Waals surface area contributed by atoms with E-state index in [2.05, 4.69) is 10.7 Å². The third-order valence-electron chi connectivity index (χ3n) is 5.19. The van der Waals surface area contributed by atoms with E-state index in [-0.39, 0.29) is 12.2 Å². The lowest BCUT2D eigenvalue weighted by Crippen LogP contribution is -2.35. The van der Waals surface area contributed by atoms with Gasteiger partial charge in [-0.15, -0.1) is 0 Å². The molecule has 3 aromatic carbocycles. The van der Waals surface area contributed by atoms with Crippen LogP contribution in [0.25, 0.3) is 6.08 Å². The van der Waals surface area contributed by atoms with Crippen molar-refractivity contribution in [1.82, 2.24) is 5.43 Å². The van der Waals surface area contributed by atoms with E-state index < -0.39 is 23.5 Å². The molecule has 3 amide bonds. The number of hydrogen-bond acceptors (Lipinski definition) is 5. The lowest BCUT2D eigenvalue weighted by atomic mass is 10.1. The molecule has 1 saturated heterocycles. The van der Waals surface area contributed by atoms with E-state index in [1.807, 2.05) is 25.1 Å². The molecule has 4 rings (SSSR count). The highest BCUT2D eigenvalue weighted by atomic mass is 19.1. The van der Waals surface area contributed by atoms with Gasteiger partial charge in [0.15, 0.2) is 6.61 Å². The van der Waals surface area contributed by atoms with E-state index in [4.69, 9.17) is 4.74 Å². The van der Waals surface area contributed by atoms with Crippen LogP contribution in [0.15, 0.2) is 78.4 Å². The number of benzene rings is 3. The number of hydrogen-bond donors (Lipinski definition) is 2. The van der Waals surface area contributed by atoms with E-state index in [1.54, 1.807) is 48.5 Å². The number of ether oxygens (including phenoxy) is 1. The van der Waals surface area contributed by atoms with Crippen LogP contribution in [-0.4, -0.2) is 38.4 Å². The minimum absolute atomic E-state index is 0.0690. The van der Waals surface area contributed by atoms with Gasteiger partial charge in [0.2, 0.25) is 0 Å². The average molecular weight is 474 g/mol. The van der Waals surface area contributed by atoms with Crippen molar-refractivity contribution in [2.75, 3.05) is 35.9 Å². The fraction of sp³-hybridized carbons (Fsp3) is 0.115. The zero-order valence-corrected chi connectivity index (χ0v) is 19.1. The predicted octanol–water partition coefficient (Wildman–Crippen LogP) is 3.37. The van der Waals surface area contributed by atoms with Gasteiger partial charge in [-0.3, -0.25) is 19.8 Å². The molecule has 9 heteroatoms. The first-order chi connectivity index (χ1) is 16.8. The Morgan fingerprint density at radius 1 is 1.06 bits per heavy atom. The SMILES string of the molecule is CN(C)c1ccc(/C=C2/C(=O)NN(c3ccccc3)C2=O)c(OCC(=O)Nc2cccc(F)c2)c1. The third-order valence-corrected chi connectivity index (χ3v) is 5.19. The van der Waals surface area contributed by atoms with Crippen LogP contribution in [0.1, 0.15) is 5.56 Å². The van der Waals surface area contributed by atoms with Gasteiger partial charge in [-0.25, -0.2) is 9.40 Å². The highest BCUT2D eigenvalue weighted by Gasteiger charge is 2.34. The molecule has 8 nitrogen and oxygen atoms in total. The number of carbonyl (C=O) groups excluding carboxylic acids is 3. The molecule has 1 fully saturated rings. The smallest absolute Gasteiger partial charge is 0.282 e. The summed E-state index contributed by atoms with van der Waals surface area (Å²) in [7, 11) is 3.69. The molecule has 178 valence electrons. The topological polar surface area (TPSA) is 91.0 Å². The molecule has 2 N–H and O–H groups in total. The number of anilines is 3. The van der Waals surface area contributed by atoms with E-state index in [1.165, 1.54) is 29.3 Å². The van der Waals surface area contributed by atoms with Gasteiger partial charge in [0.1, 0.15) is 17.1 Å². The molecule has 0 bridgehead atoms. The molecule has 0 radical (unpaired) electrons. The summed E-state index contributed by atoms with van der Waals surface area (Å²) < 4.78 is 19.1. The van der Waals surface area contributed by atoms with E-state index in [0.717, 1.165) is 5.69 Å². The van der Waals surface area contributed by atoms with Crippen LogP contribution in [0.4, 0.5) is 21.5 Å². The number of nitrogens with zero attached hydrogens (tertiary/aromatic N) is 2. The molecular weight excluding hydrogens is 451 g/mol. The molecule has 1 aliphatic heterocycles. The van der Waals surface area contributed by atoms with Gasteiger partial charge in [-0.1, -0.05) is 24.3 Å². The van der Waals surface area contributed by atoms with Crippen LogP contribution in [0.5, 0.6) is 5.75 Å². The summed E-state index contributed by atoms with van der Waals surface area (Å²) >= 11 is 0. The van der Waals surface area contributed by atoms with Gasteiger partial charge in [0.05, 0.1) is 5.69 Å². The van der Waals surface area contributed by atoms with Crippen LogP contribution < -0.4 is 25.4 Å². The molecule has 0 spiro atoms. The summed E-state index contributed by atoms with van der Waals surface area (Å²) in [6.45, 7) is -0.361. The molecular formula is C26H23FN4O4. The number of para-hydroxylation sites is 1. The lowest BCUT2D eigenvalue weighted by molar-refractivity contribution is -0.118. The molecule has 0 saturated carbocycles. The summed E-state index contributed by atoms with van der Waals surface area (Å²) in [5, 5.41) is 3.74. The first kappa shape index (κ1) is 23.5. The third kappa shape index (κ3) is 5.47. The van der Waals surface area contributed by atoms with Crippen LogP contribution >= 0.6 is 0 Å². The lowest BCUT2D eigenvalue weighted by Gasteiger charge is -2.16. The van der Waals surface area contributed by atoms with Crippen molar-refractivity contribution in [2.24, 2.45) is 0 Å². The van der Waals surface area contributed by atoms with Gasteiger partial charge < -0.3 is 15.0 Å². The normalized spacial score (nSPS) is 14.1. The predicted molar refractivity (Wildman–Crippen MR) is 131 cm³/mol. The Hall–Kier alpha value is -4.66. The maximum atomic E-state index is 13.4. The Balaban J connectivity index is 1.57. The molecule has 0 atom stereocenters. The minimum Gasteiger partial charge on any atom is -0.483 e.